The van der Waals surface area contributed by atoms with E-state index in [4.69, 9.17) is 0 Å². The zero-order chi connectivity index (χ0) is 20.8. The lowest BCUT2D eigenvalue weighted by atomic mass is 9.85. The van der Waals surface area contributed by atoms with Crippen molar-refractivity contribution >= 4 is 7.82 Å². The number of hydrogen-bond acceptors (Lipinski definition) is 13. The van der Waals surface area contributed by atoms with Crippen molar-refractivity contribution < 1.29 is 69.6 Å². The average molecular weight is 422 g/mol. The number of aliphatic hydroxyl groups excluding tert-OH is 10. The van der Waals surface area contributed by atoms with Gasteiger partial charge in [-0.25, -0.2) is 4.57 Å². The predicted octanol–water partition coefficient (Wildman–Crippen LogP) is -6.51. The Kier molecular flexibility index (Phi) is 7.00. The Labute approximate surface area is 151 Å². The zero-order valence-corrected chi connectivity index (χ0v) is 14.4. The summed E-state index contributed by atoms with van der Waals surface area (Å²) in [7, 11) is -5.37. The molecule has 11 N–H and O–H groups in total. The molecule has 2 rings (SSSR count). The molecular weight excluding hydrogens is 399 g/mol. The van der Waals surface area contributed by atoms with Gasteiger partial charge in [0, 0.05) is 0 Å². The molecule has 2 fully saturated rings. The maximum atomic E-state index is 12.1. The Balaban J connectivity index is 2.15. The van der Waals surface area contributed by atoms with Crippen LogP contribution in [0, 0.1) is 0 Å². The summed E-state index contributed by atoms with van der Waals surface area (Å²) in [5.41, 5.74) is 0. The van der Waals surface area contributed by atoms with Gasteiger partial charge in [-0.3, -0.25) is 9.05 Å². The van der Waals surface area contributed by atoms with Gasteiger partial charge < -0.3 is 56.0 Å². The summed E-state index contributed by atoms with van der Waals surface area (Å²) in [4.78, 5) is 9.78. The van der Waals surface area contributed by atoms with Crippen LogP contribution < -0.4 is 0 Å². The van der Waals surface area contributed by atoms with Crippen LogP contribution >= 0.6 is 7.82 Å². The van der Waals surface area contributed by atoms with E-state index < -0.39 is 81.1 Å². The minimum atomic E-state index is -5.37. The van der Waals surface area contributed by atoms with Gasteiger partial charge in [0.1, 0.15) is 73.2 Å². The molecule has 14 nitrogen and oxygen atoms in total. The molecule has 0 spiro atoms. The summed E-state index contributed by atoms with van der Waals surface area (Å²) in [6.07, 6.45) is -25.0. The Morgan fingerprint density at radius 1 is 0.444 bits per heavy atom. The SMILES string of the molecule is O=P(O)(OC1[C@H](O)[C@H](O)C(O)[C@H](O)[C@H]1O)OC1[C@H](O)[C@H](O)C(O)[C@H](O)[C@H]1O. The van der Waals surface area contributed by atoms with Crippen molar-refractivity contribution in [1.82, 2.24) is 0 Å². The minimum absolute atomic E-state index is 1.98. The molecule has 2 saturated carbocycles. The molecule has 0 saturated heterocycles. The molecule has 0 aliphatic heterocycles. The molecule has 27 heavy (non-hydrogen) atoms. The highest BCUT2D eigenvalue weighted by Gasteiger charge is 2.54. The molecule has 0 radical (unpaired) electrons. The smallest absolute Gasteiger partial charge is 0.387 e. The molecule has 12 atom stereocenters. The van der Waals surface area contributed by atoms with Gasteiger partial charge in [-0.1, -0.05) is 0 Å². The Morgan fingerprint density at radius 2 is 0.630 bits per heavy atom. The first-order valence-electron chi connectivity index (χ1n) is 7.80. The third-order valence-corrected chi connectivity index (χ3v) is 5.68. The largest absolute Gasteiger partial charge is 0.473 e. The molecule has 4 unspecified atom stereocenters. The van der Waals surface area contributed by atoms with Crippen molar-refractivity contribution in [3.63, 3.8) is 0 Å². The van der Waals surface area contributed by atoms with E-state index in [1.165, 1.54) is 0 Å². The van der Waals surface area contributed by atoms with E-state index in [9.17, 15) is 60.5 Å². The topological polar surface area (TPSA) is 258 Å². The van der Waals surface area contributed by atoms with Gasteiger partial charge in [-0.2, -0.15) is 0 Å². The number of aliphatic hydroxyl groups is 10. The van der Waals surface area contributed by atoms with Crippen molar-refractivity contribution in [2.75, 3.05) is 0 Å². The molecule has 0 aromatic heterocycles. The molecule has 0 bridgehead atoms. The fourth-order valence-corrected chi connectivity index (χ4v) is 4.14. The van der Waals surface area contributed by atoms with Gasteiger partial charge in [0.2, 0.25) is 0 Å². The molecule has 0 aromatic carbocycles. The van der Waals surface area contributed by atoms with Crippen LogP contribution in [0.2, 0.25) is 0 Å². The van der Waals surface area contributed by atoms with Crippen LogP contribution in [0.4, 0.5) is 0 Å². The lowest BCUT2D eigenvalue weighted by Crippen LogP contribution is -2.65. The Bertz CT molecular complexity index is 486. The Hall–Kier alpha value is -0.290. The molecule has 2 aliphatic rings. The summed E-state index contributed by atoms with van der Waals surface area (Å²) in [5, 5.41) is 96.3. The summed E-state index contributed by atoms with van der Waals surface area (Å²) in [5.74, 6) is 0. The minimum Gasteiger partial charge on any atom is -0.387 e. The zero-order valence-electron chi connectivity index (χ0n) is 13.5. The monoisotopic (exact) mass is 422 g/mol. The Morgan fingerprint density at radius 3 is 0.852 bits per heavy atom. The standard InChI is InChI=1S/C12H23O14P/c13-1-3(15)7(19)11(8(20)4(1)16)25-27(23,24)26-12-9(21)5(17)2(14)6(18)10(12)22/h1-22H,(H,23,24)/t1?,2?,3-,4+,5-,6+,7-,8-,9-,10-,11?,12?/m1/s1. The van der Waals surface area contributed by atoms with Gasteiger partial charge >= 0.3 is 7.82 Å². The van der Waals surface area contributed by atoms with E-state index in [-0.39, 0.29) is 0 Å². The maximum absolute atomic E-state index is 12.1. The van der Waals surface area contributed by atoms with Crippen LogP contribution in [0.25, 0.3) is 0 Å². The summed E-state index contributed by atoms with van der Waals surface area (Å²) in [6.45, 7) is 0. The van der Waals surface area contributed by atoms with Crippen molar-refractivity contribution in [3.8, 4) is 0 Å². The first-order valence-corrected chi connectivity index (χ1v) is 9.30. The van der Waals surface area contributed by atoms with Crippen molar-refractivity contribution in [2.45, 2.75) is 73.2 Å². The maximum Gasteiger partial charge on any atom is 0.473 e. The van der Waals surface area contributed by atoms with Crippen molar-refractivity contribution in [1.29, 1.82) is 0 Å². The molecule has 2 aliphatic carbocycles. The van der Waals surface area contributed by atoms with E-state index in [0.717, 1.165) is 0 Å². The fraction of sp³-hybridized carbons (Fsp3) is 1.00. The van der Waals surface area contributed by atoms with E-state index in [0.29, 0.717) is 0 Å². The second-order valence-corrected chi connectivity index (χ2v) is 7.87. The van der Waals surface area contributed by atoms with Crippen LogP contribution in [0.5, 0.6) is 0 Å². The van der Waals surface area contributed by atoms with Crippen LogP contribution in [-0.2, 0) is 13.6 Å². The quantitative estimate of drug-likeness (QED) is 0.188. The third kappa shape index (κ3) is 4.34. The van der Waals surface area contributed by atoms with Gasteiger partial charge in [0.05, 0.1) is 0 Å². The van der Waals surface area contributed by atoms with Crippen LogP contribution in [-0.4, -0.2) is 129 Å². The van der Waals surface area contributed by atoms with Crippen LogP contribution in [0.1, 0.15) is 0 Å². The number of phosphoric acid groups is 1. The average Bonchev–Trinajstić information content (AvgIpc) is 2.62. The highest BCUT2D eigenvalue weighted by molar-refractivity contribution is 7.47. The van der Waals surface area contributed by atoms with Crippen molar-refractivity contribution in [3.05, 3.63) is 0 Å². The number of hydrogen-bond donors (Lipinski definition) is 11. The predicted molar refractivity (Wildman–Crippen MR) is 79.6 cm³/mol. The highest BCUT2D eigenvalue weighted by atomic mass is 31.2. The molecule has 160 valence electrons. The van der Waals surface area contributed by atoms with Crippen molar-refractivity contribution in [2.24, 2.45) is 0 Å². The van der Waals surface area contributed by atoms with Gasteiger partial charge in [0.25, 0.3) is 0 Å². The summed E-state index contributed by atoms with van der Waals surface area (Å²) >= 11 is 0. The van der Waals surface area contributed by atoms with Gasteiger partial charge in [-0.15, -0.1) is 0 Å². The molecule has 0 heterocycles. The van der Waals surface area contributed by atoms with Gasteiger partial charge in [0.15, 0.2) is 0 Å². The number of rotatable bonds is 4. The van der Waals surface area contributed by atoms with E-state index in [1.54, 1.807) is 0 Å². The molecule has 0 aromatic rings. The number of phosphoric ester groups is 1. The van der Waals surface area contributed by atoms with E-state index in [1.807, 2.05) is 0 Å². The van der Waals surface area contributed by atoms with Crippen LogP contribution in [0.3, 0.4) is 0 Å². The summed E-state index contributed by atoms with van der Waals surface area (Å²) < 4.78 is 21.1. The first kappa shape index (κ1) is 23.0. The second-order valence-electron chi connectivity index (χ2n) is 6.51. The van der Waals surface area contributed by atoms with Crippen LogP contribution in [0.15, 0.2) is 0 Å². The van der Waals surface area contributed by atoms with E-state index >= 15 is 0 Å². The van der Waals surface area contributed by atoms with Gasteiger partial charge in [-0.05, 0) is 0 Å². The molecular formula is C12H23O14P. The first-order chi connectivity index (χ1) is 12.3. The normalized spacial score (nSPS) is 53.7. The second kappa shape index (κ2) is 8.22. The summed E-state index contributed by atoms with van der Waals surface area (Å²) in [6, 6.07) is 0. The lowest BCUT2D eigenvalue weighted by Gasteiger charge is -2.43. The molecule has 15 heteroatoms. The van der Waals surface area contributed by atoms with E-state index in [2.05, 4.69) is 9.05 Å². The molecule has 0 amide bonds. The third-order valence-electron chi connectivity index (χ3n) is 4.66. The fourth-order valence-electron chi connectivity index (χ4n) is 2.98. The highest BCUT2D eigenvalue weighted by Crippen LogP contribution is 2.49. The lowest BCUT2D eigenvalue weighted by molar-refractivity contribution is -0.231.